The first-order valence-corrected chi connectivity index (χ1v) is 7.30. The number of rotatable bonds is 5. The fourth-order valence-electron chi connectivity index (χ4n) is 2.18. The van der Waals surface area contributed by atoms with Gasteiger partial charge in [0.25, 0.3) is 0 Å². The Labute approximate surface area is 126 Å². The van der Waals surface area contributed by atoms with Crippen molar-refractivity contribution < 1.29 is 14.6 Å². The third-order valence-electron chi connectivity index (χ3n) is 3.34. The number of ether oxygens (including phenoxy) is 2. The Morgan fingerprint density at radius 1 is 1.29 bits per heavy atom. The molecule has 0 bridgehead atoms. The van der Waals surface area contributed by atoms with Crippen LogP contribution in [-0.4, -0.2) is 11.9 Å². The van der Waals surface area contributed by atoms with Gasteiger partial charge >= 0.3 is 0 Å². The summed E-state index contributed by atoms with van der Waals surface area (Å²) >= 11 is 0. The van der Waals surface area contributed by atoms with Gasteiger partial charge in [0.15, 0.2) is 11.5 Å². The van der Waals surface area contributed by atoms with Gasteiger partial charge in [0, 0.05) is 30.0 Å². The molecule has 0 spiro atoms. The summed E-state index contributed by atoms with van der Waals surface area (Å²) in [5, 5.41) is 10.2. The molecule has 3 heteroatoms. The molecule has 1 aromatic rings. The predicted octanol–water partition coefficient (Wildman–Crippen LogP) is 3.40. The van der Waals surface area contributed by atoms with E-state index in [1.54, 1.807) is 6.07 Å². The molecule has 0 saturated carbocycles. The van der Waals surface area contributed by atoms with Crippen molar-refractivity contribution in [3.8, 4) is 35.7 Å². The lowest BCUT2D eigenvalue weighted by atomic mass is 9.99. The molecular weight excluding hydrogens is 264 g/mol. The third kappa shape index (κ3) is 3.94. The number of benzene rings is 1. The monoisotopic (exact) mass is 284 g/mol. The largest absolute Gasteiger partial charge is 0.454 e. The quantitative estimate of drug-likeness (QED) is 0.665. The Kier molecular flexibility index (Phi) is 5.55. The topological polar surface area (TPSA) is 38.7 Å². The number of unbranched alkanes of at least 4 members (excludes halogenated alkanes) is 3. The van der Waals surface area contributed by atoms with Crippen LogP contribution in [-0.2, 0) is 0 Å². The van der Waals surface area contributed by atoms with Gasteiger partial charge in [-0.2, -0.15) is 0 Å². The molecule has 1 N–H and O–H groups in total. The van der Waals surface area contributed by atoms with Crippen molar-refractivity contribution in [1.82, 2.24) is 0 Å². The molecular formula is C18H20O3. The van der Waals surface area contributed by atoms with Crippen LogP contribution in [0.5, 0.6) is 11.5 Å². The number of fused-ring (bicyclic) bond motifs is 1. The molecule has 0 fully saturated rings. The van der Waals surface area contributed by atoms with E-state index in [1.807, 2.05) is 6.07 Å². The second-order valence-corrected chi connectivity index (χ2v) is 4.98. The molecule has 1 unspecified atom stereocenters. The molecule has 0 radical (unpaired) electrons. The van der Waals surface area contributed by atoms with E-state index in [1.165, 1.54) is 12.8 Å². The molecule has 3 nitrogen and oxygen atoms in total. The summed E-state index contributed by atoms with van der Waals surface area (Å²) in [6.45, 7) is 2.37. The van der Waals surface area contributed by atoms with Gasteiger partial charge in [0.1, 0.15) is 0 Å². The zero-order valence-corrected chi connectivity index (χ0v) is 12.3. The zero-order chi connectivity index (χ0) is 15.1. The number of aliphatic hydroxyl groups excluding tert-OH is 1. The lowest BCUT2D eigenvalue weighted by molar-refractivity contribution is 0.172. The maximum absolute atomic E-state index is 10.2. The van der Waals surface area contributed by atoms with Crippen molar-refractivity contribution in [2.45, 2.75) is 45.1 Å². The van der Waals surface area contributed by atoms with Crippen molar-refractivity contribution in [2.24, 2.45) is 0 Å². The van der Waals surface area contributed by atoms with Crippen molar-refractivity contribution in [2.75, 3.05) is 6.79 Å². The van der Waals surface area contributed by atoms with E-state index in [0.29, 0.717) is 17.1 Å². The van der Waals surface area contributed by atoms with E-state index in [0.717, 1.165) is 18.4 Å². The van der Waals surface area contributed by atoms with Gasteiger partial charge in [0.05, 0.1) is 6.10 Å². The van der Waals surface area contributed by atoms with Crippen LogP contribution >= 0.6 is 0 Å². The zero-order valence-electron chi connectivity index (χ0n) is 12.3. The van der Waals surface area contributed by atoms with E-state index in [2.05, 4.69) is 24.7 Å². The van der Waals surface area contributed by atoms with Gasteiger partial charge < -0.3 is 14.6 Å². The SMILES string of the molecule is C#CCC(O)c1cc2c(cc1C#CCCCCC)OCO2. The molecule has 1 aromatic carbocycles. The Balaban J connectivity index is 2.23. The fourth-order valence-corrected chi connectivity index (χ4v) is 2.18. The van der Waals surface area contributed by atoms with Crippen LogP contribution in [0.2, 0.25) is 0 Å². The van der Waals surface area contributed by atoms with Gasteiger partial charge in [0.2, 0.25) is 6.79 Å². The molecule has 0 aromatic heterocycles. The molecule has 1 atom stereocenters. The summed E-state index contributed by atoms with van der Waals surface area (Å²) in [6, 6.07) is 3.60. The smallest absolute Gasteiger partial charge is 0.231 e. The minimum absolute atomic E-state index is 0.202. The van der Waals surface area contributed by atoms with E-state index < -0.39 is 6.10 Å². The first kappa shape index (κ1) is 15.3. The molecule has 2 rings (SSSR count). The van der Waals surface area contributed by atoms with E-state index in [-0.39, 0.29) is 13.2 Å². The number of hydrogen-bond acceptors (Lipinski definition) is 3. The third-order valence-corrected chi connectivity index (χ3v) is 3.34. The van der Waals surface area contributed by atoms with Crippen molar-refractivity contribution in [1.29, 1.82) is 0 Å². The highest BCUT2D eigenvalue weighted by molar-refractivity contribution is 5.55. The van der Waals surface area contributed by atoms with Crippen LogP contribution in [0.25, 0.3) is 0 Å². The molecule has 0 saturated heterocycles. The second kappa shape index (κ2) is 7.62. The first-order valence-electron chi connectivity index (χ1n) is 7.30. The maximum atomic E-state index is 10.2. The number of hydrogen-bond donors (Lipinski definition) is 1. The Morgan fingerprint density at radius 2 is 2.05 bits per heavy atom. The van der Waals surface area contributed by atoms with Crippen molar-refractivity contribution >= 4 is 0 Å². The molecule has 21 heavy (non-hydrogen) atoms. The van der Waals surface area contributed by atoms with Crippen LogP contribution in [0.4, 0.5) is 0 Å². The van der Waals surface area contributed by atoms with Crippen LogP contribution in [0.1, 0.15) is 56.3 Å². The Morgan fingerprint density at radius 3 is 2.76 bits per heavy atom. The van der Waals surface area contributed by atoms with Gasteiger partial charge in [-0.25, -0.2) is 0 Å². The Bertz CT molecular complexity index is 587. The summed E-state index contributed by atoms with van der Waals surface area (Å²) in [5.41, 5.74) is 1.47. The Hall–Kier alpha value is -2.10. The molecule has 0 amide bonds. The van der Waals surface area contributed by atoms with Gasteiger partial charge in [-0.05, 0) is 12.5 Å². The molecule has 1 aliphatic heterocycles. The van der Waals surface area contributed by atoms with Crippen molar-refractivity contribution in [3.63, 3.8) is 0 Å². The van der Waals surface area contributed by atoms with E-state index >= 15 is 0 Å². The van der Waals surface area contributed by atoms with Crippen molar-refractivity contribution in [3.05, 3.63) is 23.3 Å². The van der Waals surface area contributed by atoms with Crippen LogP contribution in [0, 0.1) is 24.2 Å². The molecule has 0 aliphatic carbocycles. The standard InChI is InChI=1S/C18H20O3/c1-3-5-6-7-8-10-14-11-17-18(21-13-20-17)12-15(14)16(19)9-4-2/h2,11-12,16,19H,3,5-7,9,13H2,1H3. The second-order valence-electron chi connectivity index (χ2n) is 4.98. The van der Waals surface area contributed by atoms with Gasteiger partial charge in [-0.1, -0.05) is 31.6 Å². The average molecular weight is 284 g/mol. The summed E-state index contributed by atoms with van der Waals surface area (Å²) in [7, 11) is 0. The number of terminal acetylenes is 1. The lowest BCUT2D eigenvalue weighted by Gasteiger charge is -2.11. The summed E-state index contributed by atoms with van der Waals surface area (Å²) in [6.07, 6.45) is 9.11. The first-order chi connectivity index (χ1) is 10.3. The minimum Gasteiger partial charge on any atom is -0.454 e. The summed E-state index contributed by atoms with van der Waals surface area (Å²) in [4.78, 5) is 0. The van der Waals surface area contributed by atoms with E-state index in [9.17, 15) is 5.11 Å². The van der Waals surface area contributed by atoms with Gasteiger partial charge in [-0.15, -0.1) is 12.3 Å². The van der Waals surface area contributed by atoms with Crippen LogP contribution in [0.3, 0.4) is 0 Å². The van der Waals surface area contributed by atoms with E-state index in [4.69, 9.17) is 15.9 Å². The van der Waals surface area contributed by atoms with Gasteiger partial charge in [-0.3, -0.25) is 0 Å². The molecule has 1 heterocycles. The highest BCUT2D eigenvalue weighted by Crippen LogP contribution is 2.37. The molecule has 1 aliphatic rings. The summed E-state index contributed by atoms with van der Waals surface area (Å²) in [5.74, 6) is 10.1. The minimum atomic E-state index is -0.732. The summed E-state index contributed by atoms with van der Waals surface area (Å²) < 4.78 is 10.7. The maximum Gasteiger partial charge on any atom is 0.231 e. The number of aliphatic hydroxyl groups is 1. The molecule has 110 valence electrons. The normalized spacial score (nSPS) is 13.2. The van der Waals surface area contributed by atoms with Crippen LogP contribution < -0.4 is 9.47 Å². The highest BCUT2D eigenvalue weighted by Gasteiger charge is 2.20. The highest BCUT2D eigenvalue weighted by atomic mass is 16.7. The average Bonchev–Trinajstić information content (AvgIpc) is 2.93. The lowest BCUT2D eigenvalue weighted by Crippen LogP contribution is -1.99. The fraction of sp³-hybridized carbons (Fsp3) is 0.444. The predicted molar refractivity (Wildman–Crippen MR) is 82.0 cm³/mol. The van der Waals surface area contributed by atoms with Crippen LogP contribution in [0.15, 0.2) is 12.1 Å².